The molecule has 74 valence electrons. The third kappa shape index (κ3) is 4.59. The average Bonchev–Trinajstić information content (AvgIpc) is 2.06. The van der Waals surface area contributed by atoms with E-state index in [1.807, 2.05) is 20.8 Å². The van der Waals surface area contributed by atoms with Crippen molar-refractivity contribution >= 4 is 23.4 Å². The number of carbonyl (C=O) groups excluding carboxylic acids is 2. The van der Waals surface area contributed by atoms with Gasteiger partial charge in [0.15, 0.2) is 0 Å². The van der Waals surface area contributed by atoms with Gasteiger partial charge in [-0.05, 0) is 12.8 Å². The fourth-order valence-electron chi connectivity index (χ4n) is 1.48. The summed E-state index contributed by atoms with van der Waals surface area (Å²) < 4.78 is 0.534. The average molecular weight is 198 g/mol. The van der Waals surface area contributed by atoms with Crippen LogP contribution in [0.4, 0.5) is 0 Å². The fourth-order valence-corrected chi connectivity index (χ4v) is 4.02. The molecule has 0 atom stereocenters. The minimum absolute atomic E-state index is 0.267. The summed E-state index contributed by atoms with van der Waals surface area (Å²) in [4.78, 5) is 23.1. The van der Waals surface area contributed by atoms with Crippen LogP contribution in [-0.4, -0.2) is 23.4 Å². The highest BCUT2D eigenvalue weighted by Gasteiger charge is 2.31. The molecule has 0 aliphatic rings. The minimum Gasteiger partial charge on any atom is -0.320 e. The predicted octanol–water partition coefficient (Wildman–Crippen LogP) is 2.32. The van der Waals surface area contributed by atoms with E-state index in [1.165, 1.54) is 0 Å². The molecule has 0 unspecified atom stereocenters. The molecule has 0 aliphatic heterocycles. The van der Waals surface area contributed by atoms with Crippen molar-refractivity contribution in [3.8, 4) is 0 Å². The number of rotatable bonds is 7. The van der Waals surface area contributed by atoms with Gasteiger partial charge in [0.25, 0.3) is 0 Å². The van der Waals surface area contributed by atoms with E-state index in [4.69, 9.17) is 0 Å². The monoisotopic (exact) mass is 198 g/mol. The predicted molar refractivity (Wildman–Crippen MR) is 56.1 cm³/mol. The third-order valence-corrected chi connectivity index (χ3v) is 5.13. The van der Waals surface area contributed by atoms with Gasteiger partial charge in [0.05, 0.1) is 9.29 Å². The zero-order valence-corrected chi connectivity index (χ0v) is 10.1. The second-order valence-electron chi connectivity index (χ2n) is 3.39. The van der Waals surface area contributed by atoms with Gasteiger partial charge in [0.1, 0.15) is 0 Å². The van der Waals surface area contributed by atoms with E-state index >= 15 is 0 Å². The van der Waals surface area contributed by atoms with Crippen molar-refractivity contribution in [2.45, 2.75) is 51.7 Å². The maximum Gasteiger partial charge on any atom is 0.460 e. The Bertz CT molecular complexity index is 160. The van der Waals surface area contributed by atoms with Gasteiger partial charge in [0, 0.05) is 0 Å². The molecule has 0 fully saturated rings. The normalized spacial score (nSPS) is 9.77. The van der Waals surface area contributed by atoms with Crippen LogP contribution in [0, 0.1) is 0 Å². The highest BCUT2D eigenvalue weighted by Crippen LogP contribution is 2.04. The summed E-state index contributed by atoms with van der Waals surface area (Å²) in [5, 5.41) is 0.803. The molecule has 0 heterocycles. The lowest BCUT2D eigenvalue weighted by Gasteiger charge is -2.05. The summed E-state index contributed by atoms with van der Waals surface area (Å²) in [5.74, 6) is 0. The molecule has 0 aromatic rings. The van der Waals surface area contributed by atoms with Crippen LogP contribution in [0.15, 0.2) is 0 Å². The van der Waals surface area contributed by atoms with E-state index in [0.29, 0.717) is 12.8 Å². The van der Waals surface area contributed by atoms with Crippen molar-refractivity contribution in [2.75, 3.05) is 0 Å². The van der Waals surface area contributed by atoms with Crippen LogP contribution < -0.4 is 0 Å². The van der Waals surface area contributed by atoms with Crippen LogP contribution in [-0.2, 0) is 9.59 Å². The summed E-state index contributed by atoms with van der Waals surface area (Å²) in [7, 11) is 0. The van der Waals surface area contributed by atoms with E-state index in [9.17, 15) is 9.59 Å². The summed E-state index contributed by atoms with van der Waals surface area (Å²) >= 11 is -1.71. The molecule has 0 amide bonds. The van der Waals surface area contributed by atoms with Crippen molar-refractivity contribution < 1.29 is 9.59 Å². The lowest BCUT2D eigenvalue weighted by molar-refractivity contribution is -0.115. The van der Waals surface area contributed by atoms with Crippen LogP contribution in [0.3, 0.4) is 0 Å². The molecule has 13 heavy (non-hydrogen) atoms. The first kappa shape index (κ1) is 12.9. The highest BCUT2D eigenvalue weighted by atomic mass is 27.2. The van der Waals surface area contributed by atoms with Crippen LogP contribution in [0.25, 0.3) is 0 Å². The lowest BCUT2D eigenvalue weighted by Crippen LogP contribution is -2.34. The van der Waals surface area contributed by atoms with E-state index in [2.05, 4.69) is 0 Å². The van der Waals surface area contributed by atoms with Gasteiger partial charge in [-0.3, -0.25) is 0 Å². The molecule has 0 aromatic heterocycles. The van der Waals surface area contributed by atoms with Crippen LogP contribution in [0.5, 0.6) is 0 Å². The fraction of sp³-hybridized carbons (Fsp3) is 0.800. The SMILES string of the molecule is CCC[C](=O)[Al]([CH2]C)[C](=O)CCC. The summed E-state index contributed by atoms with van der Waals surface area (Å²) in [6.07, 6.45) is 2.98. The summed E-state index contributed by atoms with van der Waals surface area (Å²) in [6.45, 7) is 5.95. The number of carbonyl (C=O) groups is 2. The van der Waals surface area contributed by atoms with Crippen molar-refractivity contribution in [3.05, 3.63) is 0 Å². The van der Waals surface area contributed by atoms with Gasteiger partial charge in [-0.1, -0.05) is 38.9 Å². The Balaban J connectivity index is 4.15. The zero-order chi connectivity index (χ0) is 10.3. The van der Waals surface area contributed by atoms with Gasteiger partial charge >= 0.3 is 14.1 Å². The standard InChI is InChI=1S/2C4H7O.C2H5.Al/c2*1-2-3-4-5;1-2;/h2*2-3H2,1H3;1H2,2H3;. The molecular formula is C10H19AlO2. The van der Waals surface area contributed by atoms with Gasteiger partial charge < -0.3 is 9.59 Å². The molecule has 0 rings (SSSR count). The van der Waals surface area contributed by atoms with Gasteiger partial charge in [-0.15, -0.1) is 0 Å². The lowest BCUT2D eigenvalue weighted by atomic mass is 10.4. The summed E-state index contributed by atoms with van der Waals surface area (Å²) in [5.41, 5.74) is 0. The molecule has 0 saturated heterocycles. The molecule has 2 nitrogen and oxygen atoms in total. The number of hydrogen-bond donors (Lipinski definition) is 0. The molecule has 0 aliphatic carbocycles. The van der Waals surface area contributed by atoms with Crippen molar-refractivity contribution in [1.82, 2.24) is 0 Å². The Kier molecular flexibility index (Phi) is 7.22. The second-order valence-corrected chi connectivity index (χ2v) is 6.60. The highest BCUT2D eigenvalue weighted by molar-refractivity contribution is 7.11. The number of hydrogen-bond acceptors (Lipinski definition) is 2. The Morgan fingerprint density at radius 3 is 1.54 bits per heavy atom. The summed E-state index contributed by atoms with van der Waals surface area (Å²) in [6, 6.07) is 0. The second kappa shape index (κ2) is 7.29. The molecule has 0 bridgehead atoms. The van der Waals surface area contributed by atoms with Gasteiger partial charge in [-0.2, -0.15) is 0 Å². The van der Waals surface area contributed by atoms with Crippen LogP contribution in [0.2, 0.25) is 5.28 Å². The van der Waals surface area contributed by atoms with Gasteiger partial charge in [0.2, 0.25) is 0 Å². The minimum atomic E-state index is -1.71. The van der Waals surface area contributed by atoms with Gasteiger partial charge in [-0.25, -0.2) is 0 Å². The van der Waals surface area contributed by atoms with E-state index < -0.39 is 14.1 Å². The Morgan fingerprint density at radius 1 is 0.923 bits per heavy atom. The molecule has 0 N–H and O–H groups in total. The molecule has 0 aromatic carbocycles. The Hall–Kier alpha value is -0.128. The van der Waals surface area contributed by atoms with E-state index in [-0.39, 0.29) is 9.29 Å². The van der Waals surface area contributed by atoms with E-state index in [1.54, 1.807) is 0 Å². The van der Waals surface area contributed by atoms with Crippen molar-refractivity contribution in [3.63, 3.8) is 0 Å². The first-order chi connectivity index (χ1) is 6.17. The molecule has 0 saturated carbocycles. The maximum absolute atomic E-state index is 11.5. The zero-order valence-electron chi connectivity index (χ0n) is 8.93. The smallest absolute Gasteiger partial charge is 0.320 e. The van der Waals surface area contributed by atoms with Crippen LogP contribution >= 0.6 is 0 Å². The maximum atomic E-state index is 11.5. The van der Waals surface area contributed by atoms with Crippen molar-refractivity contribution in [2.24, 2.45) is 0 Å². The first-order valence-corrected chi connectivity index (χ1v) is 7.19. The third-order valence-electron chi connectivity index (χ3n) is 2.18. The quantitative estimate of drug-likeness (QED) is 0.588. The molecule has 0 radical (unpaired) electrons. The first-order valence-electron chi connectivity index (χ1n) is 5.22. The topological polar surface area (TPSA) is 34.1 Å². The molecule has 0 spiro atoms. The molecular weight excluding hydrogens is 179 g/mol. The van der Waals surface area contributed by atoms with Crippen LogP contribution in [0.1, 0.15) is 46.5 Å². The van der Waals surface area contributed by atoms with Crippen molar-refractivity contribution in [1.29, 1.82) is 0 Å². The Morgan fingerprint density at radius 2 is 1.31 bits per heavy atom. The molecule has 3 heteroatoms. The van der Waals surface area contributed by atoms with E-state index in [0.717, 1.165) is 18.1 Å². The largest absolute Gasteiger partial charge is 0.460 e. The Labute approximate surface area is 85.1 Å².